The van der Waals surface area contributed by atoms with Crippen molar-refractivity contribution in [3.8, 4) is 5.75 Å². The summed E-state index contributed by atoms with van der Waals surface area (Å²) in [6.45, 7) is 1.90. The van der Waals surface area contributed by atoms with E-state index in [-0.39, 0.29) is 18.4 Å². The summed E-state index contributed by atoms with van der Waals surface area (Å²) in [4.78, 5) is 24.7. The van der Waals surface area contributed by atoms with Crippen molar-refractivity contribution in [1.82, 2.24) is 5.32 Å². The number of thiophene rings is 1. The number of ether oxygens (including phenoxy) is 1. The number of carbonyl (C=O) groups excluding carboxylic acids is 1. The van der Waals surface area contributed by atoms with Gasteiger partial charge in [-0.25, -0.2) is 0 Å². The predicted octanol–water partition coefficient (Wildman–Crippen LogP) is 2.92. The van der Waals surface area contributed by atoms with Crippen molar-refractivity contribution in [2.24, 2.45) is 5.92 Å². The smallest absolute Gasteiger partial charge is 0.308 e. The molecule has 2 N–H and O–H groups in total. The van der Waals surface area contributed by atoms with Gasteiger partial charge in [-0.15, -0.1) is 11.3 Å². The quantitative estimate of drug-likeness (QED) is 0.770. The second-order valence-electron chi connectivity index (χ2n) is 5.53. The van der Waals surface area contributed by atoms with E-state index in [0.717, 1.165) is 10.4 Å². The molecular formula is C18H21NO4S. The monoisotopic (exact) mass is 347 g/mol. The predicted molar refractivity (Wildman–Crippen MR) is 93.6 cm³/mol. The number of methoxy groups -OCH3 is 1. The van der Waals surface area contributed by atoms with Gasteiger partial charge in [0.15, 0.2) is 0 Å². The Hall–Kier alpha value is -2.34. The van der Waals surface area contributed by atoms with Gasteiger partial charge in [0.25, 0.3) is 0 Å². The summed E-state index contributed by atoms with van der Waals surface area (Å²) in [7, 11) is 1.55. The molecule has 0 aliphatic rings. The lowest BCUT2D eigenvalue weighted by atomic mass is 9.98. The van der Waals surface area contributed by atoms with E-state index in [1.807, 2.05) is 42.6 Å². The minimum absolute atomic E-state index is 0.0852. The fraction of sp³-hybridized carbons (Fsp3) is 0.333. The molecule has 2 atom stereocenters. The molecule has 0 bridgehead atoms. The topological polar surface area (TPSA) is 75.6 Å². The maximum absolute atomic E-state index is 12.2. The standard InChI is InChI=1S/C18H21NO4S/c1-12(16-8-5-9-24-16)17(20)19-11-14(18(21)22)10-13-6-3-4-7-15(13)23-2/h3-9,12,14H,10-11H2,1-2H3,(H,19,20)(H,21,22). The minimum Gasteiger partial charge on any atom is -0.496 e. The van der Waals surface area contributed by atoms with E-state index in [1.165, 1.54) is 11.3 Å². The summed E-state index contributed by atoms with van der Waals surface area (Å²) in [5.41, 5.74) is 0.813. The van der Waals surface area contributed by atoms with Crippen molar-refractivity contribution in [2.45, 2.75) is 19.3 Å². The molecule has 1 aromatic heterocycles. The molecule has 0 radical (unpaired) electrons. The molecule has 1 amide bonds. The van der Waals surface area contributed by atoms with Crippen LogP contribution in [0, 0.1) is 5.92 Å². The Morgan fingerprint density at radius 1 is 1.25 bits per heavy atom. The summed E-state index contributed by atoms with van der Waals surface area (Å²) in [6.07, 6.45) is 0.299. The van der Waals surface area contributed by atoms with Gasteiger partial charge < -0.3 is 15.2 Å². The van der Waals surface area contributed by atoms with Gasteiger partial charge in [-0.1, -0.05) is 24.3 Å². The highest BCUT2D eigenvalue weighted by molar-refractivity contribution is 7.10. The molecule has 0 aliphatic carbocycles. The van der Waals surface area contributed by atoms with Gasteiger partial charge in [0.1, 0.15) is 5.75 Å². The lowest BCUT2D eigenvalue weighted by Crippen LogP contribution is -2.36. The number of benzene rings is 1. The molecule has 0 saturated heterocycles. The molecule has 2 aromatic rings. The van der Waals surface area contributed by atoms with E-state index in [9.17, 15) is 14.7 Å². The van der Waals surface area contributed by atoms with Gasteiger partial charge in [0.05, 0.1) is 18.9 Å². The third kappa shape index (κ3) is 4.58. The van der Waals surface area contributed by atoms with Crippen LogP contribution in [0.4, 0.5) is 0 Å². The molecule has 6 heteroatoms. The van der Waals surface area contributed by atoms with Crippen LogP contribution in [0.2, 0.25) is 0 Å². The molecule has 0 saturated carbocycles. The van der Waals surface area contributed by atoms with Crippen LogP contribution in [0.1, 0.15) is 23.3 Å². The lowest BCUT2D eigenvalue weighted by Gasteiger charge is -2.17. The number of hydrogen-bond donors (Lipinski definition) is 2. The highest BCUT2D eigenvalue weighted by Gasteiger charge is 2.23. The summed E-state index contributed by atoms with van der Waals surface area (Å²) in [5, 5.41) is 14.1. The van der Waals surface area contributed by atoms with E-state index < -0.39 is 11.9 Å². The number of nitrogens with one attached hydrogen (secondary N) is 1. The van der Waals surface area contributed by atoms with Crippen LogP contribution in [-0.2, 0) is 16.0 Å². The summed E-state index contributed by atoms with van der Waals surface area (Å²) in [5.74, 6) is -1.44. The number of aliphatic carboxylic acids is 1. The Kier molecular flexibility index (Phi) is 6.37. The number of carboxylic acids is 1. The van der Waals surface area contributed by atoms with E-state index in [2.05, 4.69) is 5.32 Å². The molecule has 5 nitrogen and oxygen atoms in total. The van der Waals surface area contributed by atoms with Crippen LogP contribution in [0.15, 0.2) is 41.8 Å². The van der Waals surface area contributed by atoms with Crippen LogP contribution in [0.25, 0.3) is 0 Å². The third-order valence-corrected chi connectivity index (χ3v) is 4.95. The van der Waals surface area contributed by atoms with Crippen molar-refractivity contribution in [3.63, 3.8) is 0 Å². The molecular weight excluding hydrogens is 326 g/mol. The Morgan fingerprint density at radius 3 is 2.62 bits per heavy atom. The average molecular weight is 347 g/mol. The number of para-hydroxylation sites is 1. The van der Waals surface area contributed by atoms with Crippen LogP contribution < -0.4 is 10.1 Å². The zero-order valence-electron chi connectivity index (χ0n) is 13.7. The first-order valence-corrected chi connectivity index (χ1v) is 8.56. The molecule has 0 spiro atoms. The number of amides is 1. The first-order valence-electron chi connectivity index (χ1n) is 7.68. The first-order chi connectivity index (χ1) is 11.5. The summed E-state index contributed by atoms with van der Waals surface area (Å²) < 4.78 is 5.26. The number of hydrogen-bond acceptors (Lipinski definition) is 4. The maximum Gasteiger partial charge on any atom is 0.308 e. The SMILES string of the molecule is COc1ccccc1CC(CNC(=O)C(C)c1cccs1)C(=O)O. The maximum atomic E-state index is 12.2. The largest absolute Gasteiger partial charge is 0.496 e. The molecule has 0 fully saturated rings. The van der Waals surface area contributed by atoms with Gasteiger partial charge in [0.2, 0.25) is 5.91 Å². The number of carboxylic acid groups (broad SMARTS) is 1. The molecule has 1 aromatic carbocycles. The minimum atomic E-state index is -0.940. The Bertz CT molecular complexity index is 684. The van der Waals surface area contributed by atoms with Crippen LogP contribution in [0.3, 0.4) is 0 Å². The van der Waals surface area contributed by atoms with Gasteiger partial charge in [-0.05, 0) is 36.4 Å². The van der Waals surface area contributed by atoms with E-state index in [0.29, 0.717) is 12.2 Å². The highest BCUT2D eigenvalue weighted by Crippen LogP contribution is 2.22. The zero-order chi connectivity index (χ0) is 17.5. The molecule has 2 unspecified atom stereocenters. The van der Waals surface area contributed by atoms with Crippen LogP contribution >= 0.6 is 11.3 Å². The van der Waals surface area contributed by atoms with Crippen LogP contribution in [0.5, 0.6) is 5.75 Å². The van der Waals surface area contributed by atoms with Crippen molar-refractivity contribution >= 4 is 23.2 Å². The third-order valence-electron chi connectivity index (χ3n) is 3.89. The van der Waals surface area contributed by atoms with Crippen molar-refractivity contribution in [2.75, 3.05) is 13.7 Å². The molecule has 2 rings (SSSR count). The Morgan fingerprint density at radius 2 is 2.00 bits per heavy atom. The summed E-state index contributed by atoms with van der Waals surface area (Å²) in [6, 6.07) is 11.1. The average Bonchev–Trinajstić information content (AvgIpc) is 3.12. The van der Waals surface area contributed by atoms with E-state index in [1.54, 1.807) is 13.2 Å². The molecule has 1 heterocycles. The van der Waals surface area contributed by atoms with E-state index in [4.69, 9.17) is 4.74 Å². The van der Waals surface area contributed by atoms with Crippen molar-refractivity contribution in [3.05, 3.63) is 52.2 Å². The Labute approximate surface area is 145 Å². The number of rotatable bonds is 8. The fourth-order valence-electron chi connectivity index (χ4n) is 2.43. The molecule has 24 heavy (non-hydrogen) atoms. The molecule has 0 aliphatic heterocycles. The van der Waals surface area contributed by atoms with Gasteiger partial charge >= 0.3 is 5.97 Å². The van der Waals surface area contributed by atoms with Gasteiger partial charge in [-0.2, -0.15) is 0 Å². The molecule has 128 valence electrons. The summed E-state index contributed by atoms with van der Waals surface area (Å²) >= 11 is 1.51. The zero-order valence-corrected chi connectivity index (χ0v) is 14.5. The van der Waals surface area contributed by atoms with E-state index >= 15 is 0 Å². The van der Waals surface area contributed by atoms with Crippen molar-refractivity contribution in [1.29, 1.82) is 0 Å². The fourth-order valence-corrected chi connectivity index (χ4v) is 3.21. The first kappa shape index (κ1) is 18.0. The lowest BCUT2D eigenvalue weighted by molar-refractivity contribution is -0.141. The second kappa shape index (κ2) is 8.49. The second-order valence-corrected chi connectivity index (χ2v) is 6.51. The number of carbonyl (C=O) groups is 2. The normalized spacial score (nSPS) is 13.1. The van der Waals surface area contributed by atoms with Gasteiger partial charge in [-0.3, -0.25) is 9.59 Å². The highest BCUT2D eigenvalue weighted by atomic mass is 32.1. The van der Waals surface area contributed by atoms with Crippen LogP contribution in [-0.4, -0.2) is 30.6 Å². The Balaban J connectivity index is 1.99. The van der Waals surface area contributed by atoms with Gasteiger partial charge in [0, 0.05) is 11.4 Å². The van der Waals surface area contributed by atoms with Crippen molar-refractivity contribution < 1.29 is 19.4 Å².